The number of hydrogen-bond donors (Lipinski definition) is 1. The van der Waals surface area contributed by atoms with E-state index in [1.165, 1.54) is 12.1 Å². The van der Waals surface area contributed by atoms with Crippen LogP contribution >= 0.6 is 0 Å². The first-order valence-corrected chi connectivity index (χ1v) is 5.58. The van der Waals surface area contributed by atoms with Crippen molar-refractivity contribution >= 4 is 22.7 Å². The fourth-order valence-corrected chi connectivity index (χ4v) is 1.45. The molecule has 19 heavy (non-hydrogen) atoms. The van der Waals surface area contributed by atoms with Crippen LogP contribution in [0.4, 0.5) is 22.7 Å². The molecule has 2 N–H and O–H groups in total. The van der Waals surface area contributed by atoms with E-state index in [1.807, 2.05) is 13.0 Å². The van der Waals surface area contributed by atoms with Crippen molar-refractivity contribution in [1.29, 1.82) is 0 Å². The lowest BCUT2D eigenvalue weighted by Crippen LogP contribution is -1.87. The molecule has 0 unspecified atom stereocenters. The number of non-ortho nitro benzene ring substituents is 1. The molecule has 0 radical (unpaired) electrons. The van der Waals surface area contributed by atoms with Crippen LogP contribution in [0.2, 0.25) is 0 Å². The SMILES string of the molecule is Cc1ccc(N=Nc2ccc([N+](=O)[O-])cc2)cc1N. The number of rotatable bonds is 3. The minimum atomic E-state index is -0.457. The Labute approximate surface area is 109 Å². The molecule has 0 atom stereocenters. The molecule has 0 saturated carbocycles. The van der Waals surface area contributed by atoms with Crippen LogP contribution in [0.1, 0.15) is 5.56 Å². The van der Waals surface area contributed by atoms with Crippen molar-refractivity contribution in [2.45, 2.75) is 6.92 Å². The van der Waals surface area contributed by atoms with E-state index in [9.17, 15) is 10.1 Å². The third-order valence-corrected chi connectivity index (χ3v) is 2.60. The Morgan fingerprint density at radius 1 is 1.05 bits per heavy atom. The molecule has 0 spiro atoms. The summed E-state index contributed by atoms with van der Waals surface area (Å²) in [5.74, 6) is 0. The maximum atomic E-state index is 10.5. The summed E-state index contributed by atoms with van der Waals surface area (Å²) in [7, 11) is 0. The van der Waals surface area contributed by atoms with Crippen LogP contribution in [-0.2, 0) is 0 Å². The predicted molar refractivity (Wildman–Crippen MR) is 72.9 cm³/mol. The number of nitrogens with zero attached hydrogens (tertiary/aromatic N) is 3. The van der Waals surface area contributed by atoms with E-state index in [-0.39, 0.29) is 5.69 Å². The lowest BCUT2D eigenvalue weighted by molar-refractivity contribution is -0.384. The van der Waals surface area contributed by atoms with Crippen LogP contribution in [-0.4, -0.2) is 4.92 Å². The van der Waals surface area contributed by atoms with Crippen LogP contribution < -0.4 is 5.73 Å². The number of aryl methyl sites for hydroxylation is 1. The van der Waals surface area contributed by atoms with Gasteiger partial charge in [0, 0.05) is 17.8 Å². The molecule has 0 aliphatic rings. The van der Waals surface area contributed by atoms with Crippen LogP contribution in [0, 0.1) is 17.0 Å². The highest BCUT2D eigenvalue weighted by Crippen LogP contribution is 2.23. The Hall–Kier alpha value is -2.76. The van der Waals surface area contributed by atoms with Gasteiger partial charge in [0.1, 0.15) is 0 Å². The summed E-state index contributed by atoms with van der Waals surface area (Å²) in [4.78, 5) is 10.0. The molecule has 0 aliphatic heterocycles. The van der Waals surface area contributed by atoms with E-state index in [1.54, 1.807) is 24.3 Å². The zero-order valence-electron chi connectivity index (χ0n) is 10.3. The minimum absolute atomic E-state index is 0.0264. The largest absolute Gasteiger partial charge is 0.398 e. The highest BCUT2D eigenvalue weighted by Gasteiger charge is 2.03. The van der Waals surface area contributed by atoms with Crippen molar-refractivity contribution in [2.75, 3.05) is 5.73 Å². The average Bonchev–Trinajstić information content (AvgIpc) is 2.40. The van der Waals surface area contributed by atoms with Crippen molar-refractivity contribution in [1.82, 2.24) is 0 Å². The predicted octanol–water partition coefficient (Wildman–Crippen LogP) is 3.90. The lowest BCUT2D eigenvalue weighted by atomic mass is 10.2. The molecule has 96 valence electrons. The van der Waals surface area contributed by atoms with E-state index in [0.29, 0.717) is 17.1 Å². The Morgan fingerprint density at radius 3 is 2.21 bits per heavy atom. The quantitative estimate of drug-likeness (QED) is 0.390. The van der Waals surface area contributed by atoms with Gasteiger partial charge in [-0.15, -0.1) is 0 Å². The second-order valence-electron chi connectivity index (χ2n) is 4.01. The average molecular weight is 256 g/mol. The minimum Gasteiger partial charge on any atom is -0.398 e. The molecule has 0 heterocycles. The van der Waals surface area contributed by atoms with Gasteiger partial charge in [0.15, 0.2) is 0 Å². The topological polar surface area (TPSA) is 93.9 Å². The number of nitro benzene ring substituents is 1. The molecule has 0 aliphatic carbocycles. The lowest BCUT2D eigenvalue weighted by Gasteiger charge is -1.99. The third kappa shape index (κ3) is 3.12. The van der Waals surface area contributed by atoms with E-state index < -0.39 is 4.92 Å². The number of anilines is 1. The summed E-state index contributed by atoms with van der Waals surface area (Å²) >= 11 is 0. The van der Waals surface area contributed by atoms with E-state index in [0.717, 1.165) is 5.56 Å². The Morgan fingerprint density at radius 2 is 1.63 bits per heavy atom. The fourth-order valence-electron chi connectivity index (χ4n) is 1.45. The number of benzene rings is 2. The highest BCUT2D eigenvalue weighted by atomic mass is 16.6. The molecule has 2 aromatic rings. The molecule has 0 bridgehead atoms. The van der Waals surface area contributed by atoms with Crippen LogP contribution in [0.25, 0.3) is 0 Å². The molecule has 6 nitrogen and oxygen atoms in total. The second-order valence-corrected chi connectivity index (χ2v) is 4.01. The van der Waals surface area contributed by atoms with Gasteiger partial charge in [-0.3, -0.25) is 10.1 Å². The Kier molecular flexibility index (Phi) is 3.51. The second kappa shape index (κ2) is 5.26. The monoisotopic (exact) mass is 256 g/mol. The maximum absolute atomic E-state index is 10.5. The van der Waals surface area contributed by atoms with Crippen LogP contribution in [0.15, 0.2) is 52.7 Å². The van der Waals surface area contributed by atoms with Gasteiger partial charge >= 0.3 is 0 Å². The number of nitrogen functional groups attached to an aromatic ring is 1. The molecule has 2 aromatic carbocycles. The molecule has 0 amide bonds. The number of hydrogen-bond acceptors (Lipinski definition) is 5. The van der Waals surface area contributed by atoms with Gasteiger partial charge in [-0.05, 0) is 36.8 Å². The number of nitro groups is 1. The summed E-state index contributed by atoms with van der Waals surface area (Å²) in [6.07, 6.45) is 0. The van der Waals surface area contributed by atoms with Gasteiger partial charge in [0.2, 0.25) is 0 Å². The van der Waals surface area contributed by atoms with Crippen molar-refractivity contribution in [3.8, 4) is 0 Å². The first-order valence-electron chi connectivity index (χ1n) is 5.58. The van der Waals surface area contributed by atoms with Gasteiger partial charge in [-0.25, -0.2) is 0 Å². The molecule has 0 aromatic heterocycles. The first-order chi connectivity index (χ1) is 9.06. The van der Waals surface area contributed by atoms with Crippen molar-refractivity contribution < 1.29 is 4.92 Å². The smallest absolute Gasteiger partial charge is 0.269 e. The fraction of sp³-hybridized carbons (Fsp3) is 0.0769. The Balaban J connectivity index is 2.17. The van der Waals surface area contributed by atoms with Crippen molar-refractivity contribution in [3.63, 3.8) is 0 Å². The summed E-state index contributed by atoms with van der Waals surface area (Å²) in [5, 5.41) is 18.5. The van der Waals surface area contributed by atoms with Crippen molar-refractivity contribution in [3.05, 3.63) is 58.1 Å². The summed E-state index contributed by atoms with van der Waals surface area (Å²) in [6, 6.07) is 11.2. The first kappa shape index (κ1) is 12.7. The van der Waals surface area contributed by atoms with Gasteiger partial charge in [0.25, 0.3) is 5.69 Å². The number of nitrogens with two attached hydrogens (primary N) is 1. The summed E-state index contributed by atoms with van der Waals surface area (Å²) < 4.78 is 0. The standard InChI is InChI=1S/C13H12N4O2/c1-9-2-3-11(8-13(9)14)16-15-10-4-6-12(7-5-10)17(18)19/h2-8H,14H2,1H3. The Bertz CT molecular complexity index is 636. The van der Waals surface area contributed by atoms with Crippen molar-refractivity contribution in [2.24, 2.45) is 10.2 Å². The van der Waals surface area contributed by atoms with E-state index in [4.69, 9.17) is 5.73 Å². The maximum Gasteiger partial charge on any atom is 0.269 e. The third-order valence-electron chi connectivity index (χ3n) is 2.60. The summed E-state index contributed by atoms with van der Waals surface area (Å²) in [6.45, 7) is 1.91. The van der Waals surface area contributed by atoms with Crippen LogP contribution in [0.5, 0.6) is 0 Å². The van der Waals surface area contributed by atoms with Crippen LogP contribution in [0.3, 0.4) is 0 Å². The zero-order chi connectivity index (χ0) is 13.8. The molecular weight excluding hydrogens is 244 g/mol. The zero-order valence-corrected chi connectivity index (χ0v) is 10.3. The van der Waals surface area contributed by atoms with E-state index >= 15 is 0 Å². The number of azo groups is 1. The molecule has 2 rings (SSSR count). The van der Waals surface area contributed by atoms with Gasteiger partial charge < -0.3 is 5.73 Å². The molecule has 6 heteroatoms. The normalized spacial score (nSPS) is 10.8. The molecule has 0 saturated heterocycles. The molecular formula is C13H12N4O2. The molecule has 0 fully saturated rings. The van der Waals surface area contributed by atoms with Gasteiger partial charge in [0.05, 0.1) is 16.3 Å². The van der Waals surface area contributed by atoms with E-state index in [2.05, 4.69) is 10.2 Å². The van der Waals surface area contributed by atoms with Gasteiger partial charge in [-0.2, -0.15) is 10.2 Å². The van der Waals surface area contributed by atoms with Gasteiger partial charge in [-0.1, -0.05) is 6.07 Å². The summed E-state index contributed by atoms with van der Waals surface area (Å²) in [5.41, 5.74) is 8.61. The highest BCUT2D eigenvalue weighted by molar-refractivity contribution is 5.55.